The van der Waals surface area contributed by atoms with Gasteiger partial charge in [0.25, 0.3) is 10.2 Å². The van der Waals surface area contributed by atoms with Gasteiger partial charge in [-0.1, -0.05) is 6.07 Å². The van der Waals surface area contributed by atoms with Crippen molar-refractivity contribution in [2.75, 3.05) is 19.2 Å². The van der Waals surface area contributed by atoms with Gasteiger partial charge in [-0.15, -0.1) is 0 Å². The summed E-state index contributed by atoms with van der Waals surface area (Å²) in [7, 11) is -2.73. The fraction of sp³-hybridized carbons (Fsp3) is 0.278. The van der Waals surface area contributed by atoms with Crippen molar-refractivity contribution in [3.63, 3.8) is 0 Å². The molecular weight excluding hydrogens is 408 g/mol. The van der Waals surface area contributed by atoms with Gasteiger partial charge in [-0.3, -0.25) is 4.79 Å². The first-order chi connectivity index (χ1) is 13.7. The number of halogens is 2. The quantitative estimate of drug-likeness (QED) is 0.783. The molecule has 1 saturated heterocycles. The number of anilines is 1. The Morgan fingerprint density at radius 1 is 1.17 bits per heavy atom. The molecule has 2 unspecified atom stereocenters. The second-order valence-electron chi connectivity index (χ2n) is 6.67. The van der Waals surface area contributed by atoms with Gasteiger partial charge >= 0.3 is 0 Å². The molecule has 2 N–H and O–H groups in total. The third kappa shape index (κ3) is 3.76. The highest BCUT2D eigenvalue weighted by Crippen LogP contribution is 2.37. The molecule has 2 aromatic rings. The number of amides is 1. The Morgan fingerprint density at radius 3 is 2.69 bits per heavy atom. The molecule has 2 aromatic carbocycles. The van der Waals surface area contributed by atoms with Crippen LogP contribution in [0.3, 0.4) is 0 Å². The largest absolute Gasteiger partial charge is 0.454 e. The predicted molar refractivity (Wildman–Crippen MR) is 98.5 cm³/mol. The Bertz CT molecular complexity index is 1080. The summed E-state index contributed by atoms with van der Waals surface area (Å²) in [6.07, 6.45) is 0.0873. The Morgan fingerprint density at radius 2 is 1.93 bits per heavy atom. The van der Waals surface area contributed by atoms with Gasteiger partial charge in [0.15, 0.2) is 11.5 Å². The van der Waals surface area contributed by atoms with Crippen LogP contribution in [0.15, 0.2) is 36.4 Å². The van der Waals surface area contributed by atoms with E-state index in [9.17, 15) is 22.0 Å². The second kappa shape index (κ2) is 7.25. The highest BCUT2D eigenvalue weighted by molar-refractivity contribution is 7.87. The number of hydrogen-bond donors (Lipinski definition) is 2. The first-order valence-corrected chi connectivity index (χ1v) is 10.1. The molecule has 2 aliphatic rings. The lowest BCUT2D eigenvalue weighted by Gasteiger charge is -2.36. The fourth-order valence-electron chi connectivity index (χ4n) is 3.26. The maximum absolute atomic E-state index is 13.9. The van der Waals surface area contributed by atoms with Gasteiger partial charge in [-0.25, -0.2) is 8.78 Å². The zero-order valence-electron chi connectivity index (χ0n) is 15.2. The van der Waals surface area contributed by atoms with E-state index < -0.39 is 39.8 Å². The molecule has 0 bridgehead atoms. The molecule has 0 aromatic heterocycles. The summed E-state index contributed by atoms with van der Waals surface area (Å²) in [5.74, 6) is -1.44. The number of rotatable bonds is 3. The van der Waals surface area contributed by atoms with Crippen molar-refractivity contribution in [1.29, 1.82) is 0 Å². The van der Waals surface area contributed by atoms with Crippen LogP contribution in [0.4, 0.5) is 14.5 Å². The normalized spacial score (nSPS) is 23.0. The number of carbonyl (C=O) groups is 1. The minimum absolute atomic E-state index is 0.0756. The zero-order chi connectivity index (χ0) is 20.8. The van der Waals surface area contributed by atoms with Crippen molar-refractivity contribution in [3.8, 4) is 11.5 Å². The molecular formula is C18H17F2N3O5S. The smallest absolute Gasteiger partial charge is 0.280 e. The number of carbonyl (C=O) groups excluding carboxylic acids is 1. The van der Waals surface area contributed by atoms with Crippen molar-refractivity contribution in [2.24, 2.45) is 0 Å². The van der Waals surface area contributed by atoms with Gasteiger partial charge < -0.3 is 14.8 Å². The van der Waals surface area contributed by atoms with Crippen LogP contribution in [-0.2, 0) is 15.0 Å². The molecule has 8 nitrogen and oxygen atoms in total. The van der Waals surface area contributed by atoms with E-state index >= 15 is 0 Å². The Labute approximate surface area is 165 Å². The highest BCUT2D eigenvalue weighted by atomic mass is 32.2. The van der Waals surface area contributed by atoms with Gasteiger partial charge in [0.2, 0.25) is 12.7 Å². The molecule has 29 heavy (non-hydrogen) atoms. The summed E-state index contributed by atoms with van der Waals surface area (Å²) in [5, 5.41) is 2.33. The highest BCUT2D eigenvalue weighted by Gasteiger charge is 2.41. The number of fused-ring (bicyclic) bond motifs is 1. The van der Waals surface area contributed by atoms with Gasteiger partial charge in [-0.05, 0) is 36.2 Å². The minimum atomic E-state index is -3.98. The molecule has 154 valence electrons. The monoisotopic (exact) mass is 425 g/mol. The van der Waals surface area contributed by atoms with Crippen LogP contribution in [0.5, 0.6) is 11.5 Å². The summed E-state index contributed by atoms with van der Waals surface area (Å²) in [5.41, 5.74) is 0.358. The van der Waals surface area contributed by atoms with Crippen LogP contribution in [0.1, 0.15) is 18.0 Å². The Kier molecular flexibility index (Phi) is 4.89. The lowest BCUT2D eigenvalue weighted by Crippen LogP contribution is -2.56. The maximum Gasteiger partial charge on any atom is 0.280 e. The van der Waals surface area contributed by atoms with E-state index in [0.29, 0.717) is 23.1 Å². The van der Waals surface area contributed by atoms with E-state index in [0.717, 1.165) is 16.4 Å². The van der Waals surface area contributed by atoms with Crippen molar-refractivity contribution in [2.45, 2.75) is 18.5 Å². The lowest BCUT2D eigenvalue weighted by molar-refractivity contribution is -0.120. The van der Waals surface area contributed by atoms with Crippen LogP contribution < -0.4 is 19.5 Å². The van der Waals surface area contributed by atoms with E-state index in [-0.39, 0.29) is 18.9 Å². The maximum atomic E-state index is 13.9. The molecule has 4 rings (SSSR count). The summed E-state index contributed by atoms with van der Waals surface area (Å²) in [4.78, 5) is 12.7. The van der Waals surface area contributed by atoms with Crippen molar-refractivity contribution < 1.29 is 31.5 Å². The van der Waals surface area contributed by atoms with E-state index in [2.05, 4.69) is 10.0 Å². The molecule has 0 radical (unpaired) electrons. The average molecular weight is 425 g/mol. The van der Waals surface area contributed by atoms with E-state index in [4.69, 9.17) is 9.47 Å². The zero-order valence-corrected chi connectivity index (χ0v) is 16.0. The number of nitrogens with zero attached hydrogens (tertiary/aromatic N) is 1. The standard InChI is InChI=1S/C18H17F2N3O5S/c1-23-15(18(24)21-13-4-3-11(19)7-12(13)20)8-14(22-29(23,25)26)10-2-5-16-17(6-10)28-9-27-16/h2-7,14-15,22H,8-9H2,1H3,(H,21,24). The van der Waals surface area contributed by atoms with Crippen LogP contribution in [0.25, 0.3) is 0 Å². The van der Waals surface area contributed by atoms with Gasteiger partial charge in [-0.2, -0.15) is 17.4 Å². The number of likely N-dealkylation sites (N-methyl/N-ethyl adjacent to an activating group) is 1. The molecule has 1 amide bonds. The van der Waals surface area contributed by atoms with Crippen molar-refractivity contribution in [1.82, 2.24) is 9.03 Å². The van der Waals surface area contributed by atoms with Crippen LogP contribution in [-0.4, -0.2) is 38.5 Å². The summed E-state index contributed by atoms with van der Waals surface area (Å²) in [6, 6.07) is 5.88. The first kappa shape index (κ1) is 19.6. The average Bonchev–Trinajstić information content (AvgIpc) is 3.13. The predicted octanol–water partition coefficient (Wildman–Crippen LogP) is 1.91. The third-order valence-corrected chi connectivity index (χ3v) is 6.45. The number of ether oxygens (including phenoxy) is 2. The second-order valence-corrected chi connectivity index (χ2v) is 8.43. The van der Waals surface area contributed by atoms with E-state index in [1.807, 2.05) is 0 Å². The molecule has 1 fully saturated rings. The van der Waals surface area contributed by atoms with Gasteiger partial charge in [0.05, 0.1) is 11.7 Å². The summed E-state index contributed by atoms with van der Waals surface area (Å²) in [6.45, 7) is 0.0756. The van der Waals surface area contributed by atoms with Gasteiger partial charge in [0.1, 0.15) is 17.7 Å². The van der Waals surface area contributed by atoms with Crippen LogP contribution >= 0.6 is 0 Å². The Balaban J connectivity index is 1.59. The SMILES string of the molecule is CN1C(C(=O)Nc2ccc(F)cc2F)CC(c2ccc3c(c2)OCO3)NS1(=O)=O. The van der Waals surface area contributed by atoms with E-state index in [1.165, 1.54) is 7.05 Å². The molecule has 0 saturated carbocycles. The Hall–Kier alpha value is -2.76. The summed E-state index contributed by atoms with van der Waals surface area (Å²) < 4.78 is 66.0. The molecule has 0 aliphatic carbocycles. The minimum Gasteiger partial charge on any atom is -0.454 e. The van der Waals surface area contributed by atoms with Gasteiger partial charge in [0, 0.05) is 13.1 Å². The third-order valence-electron chi connectivity index (χ3n) is 4.86. The van der Waals surface area contributed by atoms with Crippen LogP contribution in [0.2, 0.25) is 0 Å². The van der Waals surface area contributed by atoms with E-state index in [1.54, 1.807) is 18.2 Å². The molecule has 11 heteroatoms. The fourth-order valence-corrected chi connectivity index (χ4v) is 4.54. The topological polar surface area (TPSA) is 97.0 Å². The molecule has 2 atom stereocenters. The lowest BCUT2D eigenvalue weighted by atomic mass is 9.99. The molecule has 0 spiro atoms. The first-order valence-electron chi connectivity index (χ1n) is 8.65. The molecule has 2 aliphatic heterocycles. The number of nitrogens with one attached hydrogen (secondary N) is 2. The number of benzene rings is 2. The van der Waals surface area contributed by atoms with Crippen molar-refractivity contribution >= 4 is 21.8 Å². The molecule has 2 heterocycles. The van der Waals surface area contributed by atoms with Crippen molar-refractivity contribution in [3.05, 3.63) is 53.6 Å². The number of hydrogen-bond acceptors (Lipinski definition) is 5. The van der Waals surface area contributed by atoms with Crippen LogP contribution in [0, 0.1) is 11.6 Å². The summed E-state index contributed by atoms with van der Waals surface area (Å²) >= 11 is 0.